The van der Waals surface area contributed by atoms with E-state index >= 15 is 0 Å². The van der Waals surface area contributed by atoms with Gasteiger partial charge in [-0.1, -0.05) is 72.4 Å². The van der Waals surface area contributed by atoms with Crippen molar-refractivity contribution in [2.24, 2.45) is 0 Å². The minimum absolute atomic E-state index is 0.169. The molecule has 32 heavy (non-hydrogen) atoms. The standard InChI is InChI=1S/C24H22N4O3S/c29-21(25-13-14-28-22(30)17-32-24(28)31)12-11-20-16-27(15-18-7-3-1-4-8-18)26-23(20)19-9-5-2-6-10-19/h1-12,16H,13-15,17H2,(H,25,29)/b12-11+. The van der Waals surface area contributed by atoms with E-state index in [0.717, 1.165) is 39.0 Å². The summed E-state index contributed by atoms with van der Waals surface area (Å²) in [7, 11) is 0. The second-order valence-corrected chi connectivity index (χ2v) is 8.13. The lowest BCUT2D eigenvalue weighted by molar-refractivity contribution is -0.125. The zero-order valence-corrected chi connectivity index (χ0v) is 18.1. The summed E-state index contributed by atoms with van der Waals surface area (Å²) in [5, 5.41) is 7.19. The second-order valence-electron chi connectivity index (χ2n) is 7.21. The van der Waals surface area contributed by atoms with Crippen molar-refractivity contribution in [3.8, 4) is 11.3 Å². The van der Waals surface area contributed by atoms with Crippen LogP contribution >= 0.6 is 11.8 Å². The highest BCUT2D eigenvalue weighted by Crippen LogP contribution is 2.23. The Kier molecular flexibility index (Phi) is 6.81. The maximum atomic E-state index is 12.3. The first-order chi connectivity index (χ1) is 15.6. The van der Waals surface area contributed by atoms with Crippen molar-refractivity contribution >= 4 is 34.9 Å². The summed E-state index contributed by atoms with van der Waals surface area (Å²) in [6.07, 6.45) is 5.09. The molecular formula is C24H22N4O3S. The topological polar surface area (TPSA) is 84.3 Å². The Balaban J connectivity index is 1.45. The molecule has 0 spiro atoms. The number of carbonyl (C=O) groups excluding carboxylic acids is 3. The van der Waals surface area contributed by atoms with Crippen molar-refractivity contribution in [2.45, 2.75) is 6.54 Å². The molecule has 8 heteroatoms. The smallest absolute Gasteiger partial charge is 0.288 e. The lowest BCUT2D eigenvalue weighted by Gasteiger charge is -2.12. The average molecular weight is 447 g/mol. The molecule has 1 aliphatic rings. The predicted molar refractivity (Wildman–Crippen MR) is 125 cm³/mol. The van der Waals surface area contributed by atoms with Crippen LogP contribution in [0.25, 0.3) is 17.3 Å². The lowest BCUT2D eigenvalue weighted by Crippen LogP contribution is -2.37. The molecule has 0 saturated carbocycles. The van der Waals surface area contributed by atoms with E-state index in [2.05, 4.69) is 5.32 Å². The van der Waals surface area contributed by atoms with E-state index in [4.69, 9.17) is 5.10 Å². The van der Waals surface area contributed by atoms with Crippen molar-refractivity contribution in [1.82, 2.24) is 20.0 Å². The molecule has 4 rings (SSSR count). The highest BCUT2D eigenvalue weighted by molar-refractivity contribution is 8.14. The summed E-state index contributed by atoms with van der Waals surface area (Å²) < 4.78 is 1.86. The van der Waals surface area contributed by atoms with Gasteiger partial charge in [-0.15, -0.1) is 0 Å². The molecule has 1 N–H and O–H groups in total. The molecule has 0 radical (unpaired) electrons. The number of carbonyl (C=O) groups is 3. The molecule has 1 aliphatic heterocycles. The molecule has 3 amide bonds. The van der Waals surface area contributed by atoms with Gasteiger partial charge in [0.2, 0.25) is 11.8 Å². The van der Waals surface area contributed by atoms with Gasteiger partial charge in [0.05, 0.1) is 18.0 Å². The molecule has 1 saturated heterocycles. The van der Waals surface area contributed by atoms with Gasteiger partial charge < -0.3 is 5.32 Å². The number of nitrogens with zero attached hydrogens (tertiary/aromatic N) is 3. The van der Waals surface area contributed by atoms with Gasteiger partial charge in [0.15, 0.2) is 0 Å². The fraction of sp³-hybridized carbons (Fsp3) is 0.167. The van der Waals surface area contributed by atoms with Gasteiger partial charge in [-0.05, 0) is 11.6 Å². The number of hydrogen-bond donors (Lipinski definition) is 1. The Morgan fingerprint density at radius 3 is 2.47 bits per heavy atom. The summed E-state index contributed by atoms with van der Waals surface area (Å²) in [6.45, 7) is 1.01. The fourth-order valence-electron chi connectivity index (χ4n) is 3.34. The highest BCUT2D eigenvalue weighted by atomic mass is 32.2. The zero-order valence-electron chi connectivity index (χ0n) is 17.3. The van der Waals surface area contributed by atoms with E-state index in [1.165, 1.54) is 6.08 Å². The Labute approximate surface area is 190 Å². The van der Waals surface area contributed by atoms with Crippen molar-refractivity contribution < 1.29 is 14.4 Å². The second kappa shape index (κ2) is 10.1. The first kappa shape index (κ1) is 21.6. The molecule has 3 aromatic rings. The summed E-state index contributed by atoms with van der Waals surface area (Å²) in [5.74, 6) is -0.350. The molecule has 0 atom stereocenters. The largest absolute Gasteiger partial charge is 0.351 e. The van der Waals surface area contributed by atoms with Crippen LogP contribution < -0.4 is 5.32 Å². The Hall–Kier alpha value is -3.65. The minimum atomic E-state index is -0.299. The number of benzene rings is 2. The number of aromatic nitrogens is 2. The minimum Gasteiger partial charge on any atom is -0.351 e. The molecule has 1 fully saturated rings. The van der Waals surface area contributed by atoms with Crippen LogP contribution in [0.15, 0.2) is 72.9 Å². The summed E-state index contributed by atoms with van der Waals surface area (Å²) >= 11 is 0.984. The average Bonchev–Trinajstić information content (AvgIpc) is 3.36. The maximum absolute atomic E-state index is 12.3. The van der Waals surface area contributed by atoms with Crippen LogP contribution in [-0.2, 0) is 16.1 Å². The van der Waals surface area contributed by atoms with Gasteiger partial charge in [-0.3, -0.25) is 24.0 Å². The van der Waals surface area contributed by atoms with Crippen LogP contribution in [0.5, 0.6) is 0 Å². The van der Waals surface area contributed by atoms with E-state index in [9.17, 15) is 14.4 Å². The van der Waals surface area contributed by atoms with E-state index in [1.807, 2.05) is 71.5 Å². The van der Waals surface area contributed by atoms with E-state index in [0.29, 0.717) is 6.54 Å². The van der Waals surface area contributed by atoms with Crippen molar-refractivity contribution in [1.29, 1.82) is 0 Å². The first-order valence-electron chi connectivity index (χ1n) is 10.2. The van der Waals surface area contributed by atoms with Crippen LogP contribution in [0, 0.1) is 0 Å². The van der Waals surface area contributed by atoms with Gasteiger partial charge in [-0.2, -0.15) is 5.10 Å². The van der Waals surface area contributed by atoms with Crippen LogP contribution in [0.1, 0.15) is 11.1 Å². The number of imide groups is 1. The number of rotatable bonds is 8. The molecule has 7 nitrogen and oxygen atoms in total. The fourth-order valence-corrected chi connectivity index (χ4v) is 4.09. The Morgan fingerprint density at radius 2 is 1.78 bits per heavy atom. The third-order valence-corrected chi connectivity index (χ3v) is 5.77. The van der Waals surface area contributed by atoms with Gasteiger partial charge >= 0.3 is 0 Å². The van der Waals surface area contributed by atoms with E-state index in [1.54, 1.807) is 6.08 Å². The van der Waals surface area contributed by atoms with Gasteiger partial charge in [0, 0.05) is 36.5 Å². The van der Waals surface area contributed by atoms with Gasteiger partial charge in [-0.25, -0.2) is 0 Å². The van der Waals surface area contributed by atoms with Gasteiger partial charge in [0.25, 0.3) is 5.24 Å². The third-order valence-electron chi connectivity index (χ3n) is 4.91. The monoisotopic (exact) mass is 446 g/mol. The Bertz CT molecular complexity index is 1130. The summed E-state index contributed by atoms with van der Waals surface area (Å²) in [4.78, 5) is 36.7. The Morgan fingerprint density at radius 1 is 1.06 bits per heavy atom. The van der Waals surface area contributed by atoms with E-state index < -0.39 is 0 Å². The van der Waals surface area contributed by atoms with Crippen LogP contribution in [0.4, 0.5) is 4.79 Å². The molecule has 0 unspecified atom stereocenters. The molecule has 162 valence electrons. The first-order valence-corrected chi connectivity index (χ1v) is 11.2. The van der Waals surface area contributed by atoms with Gasteiger partial charge in [0.1, 0.15) is 0 Å². The molecule has 2 heterocycles. The number of nitrogens with one attached hydrogen (secondary N) is 1. The molecule has 0 aliphatic carbocycles. The quantitative estimate of drug-likeness (QED) is 0.536. The molecule has 1 aromatic heterocycles. The summed E-state index contributed by atoms with van der Waals surface area (Å²) in [5.41, 5.74) is 3.70. The maximum Gasteiger partial charge on any atom is 0.288 e. The number of amides is 3. The van der Waals surface area contributed by atoms with Crippen LogP contribution in [-0.4, -0.2) is 50.6 Å². The lowest BCUT2D eigenvalue weighted by atomic mass is 10.1. The van der Waals surface area contributed by atoms with Crippen molar-refractivity contribution in [3.63, 3.8) is 0 Å². The normalized spacial score (nSPS) is 13.8. The zero-order chi connectivity index (χ0) is 22.3. The molecule has 0 bridgehead atoms. The van der Waals surface area contributed by atoms with E-state index in [-0.39, 0.29) is 35.9 Å². The summed E-state index contributed by atoms with van der Waals surface area (Å²) in [6, 6.07) is 19.8. The SMILES string of the molecule is O=C(/C=C/c1cn(Cc2ccccc2)nc1-c1ccccc1)NCCN1C(=O)CSC1=O. The number of hydrogen-bond acceptors (Lipinski definition) is 5. The van der Waals surface area contributed by atoms with Crippen LogP contribution in [0.3, 0.4) is 0 Å². The predicted octanol–water partition coefficient (Wildman–Crippen LogP) is 3.42. The molecule has 2 aromatic carbocycles. The van der Waals surface area contributed by atoms with Crippen molar-refractivity contribution in [3.05, 3.63) is 84.1 Å². The third kappa shape index (κ3) is 5.33. The van der Waals surface area contributed by atoms with Crippen LogP contribution in [0.2, 0.25) is 0 Å². The molecular weight excluding hydrogens is 424 g/mol. The van der Waals surface area contributed by atoms with Crippen molar-refractivity contribution in [2.75, 3.05) is 18.8 Å². The number of thioether (sulfide) groups is 1. The highest BCUT2D eigenvalue weighted by Gasteiger charge is 2.29.